The molecule has 2 saturated heterocycles. The third-order valence-electron chi connectivity index (χ3n) is 5.49. The minimum Gasteiger partial charge on any atom is -0.426 e. The molecule has 2 aliphatic heterocycles. The second-order valence-electron chi connectivity index (χ2n) is 7.20. The van der Waals surface area contributed by atoms with Crippen LogP contribution >= 0.6 is 0 Å². The van der Waals surface area contributed by atoms with E-state index in [-0.39, 0.29) is 18.2 Å². The topological polar surface area (TPSA) is 84.7 Å². The summed E-state index contributed by atoms with van der Waals surface area (Å²) in [6.07, 6.45) is 3.17. The summed E-state index contributed by atoms with van der Waals surface area (Å²) in [5.74, 6) is -0.653. The zero-order valence-electron chi connectivity index (χ0n) is 15.9. The summed E-state index contributed by atoms with van der Waals surface area (Å²) in [4.78, 5) is 40.2. The Kier molecular flexibility index (Phi) is 4.62. The zero-order chi connectivity index (χ0) is 19.8. The van der Waals surface area contributed by atoms with Crippen LogP contribution in [0.4, 0.5) is 5.69 Å². The first kappa shape index (κ1) is 18.2. The molecule has 2 unspecified atom stereocenters. The van der Waals surface area contributed by atoms with Crippen LogP contribution in [0, 0.1) is 5.92 Å². The summed E-state index contributed by atoms with van der Waals surface area (Å²) in [5, 5.41) is 4.15. The predicted octanol–water partition coefficient (Wildman–Crippen LogP) is 1.67. The summed E-state index contributed by atoms with van der Waals surface area (Å²) in [7, 11) is 3.47. The molecule has 2 aliphatic rings. The Morgan fingerprint density at radius 1 is 1.11 bits per heavy atom. The molecule has 1 aromatic carbocycles. The molecule has 0 bridgehead atoms. The number of carbonyl (C=O) groups excluding carboxylic acids is 3. The summed E-state index contributed by atoms with van der Waals surface area (Å²) in [6, 6.07) is 8.31. The maximum atomic E-state index is 12.8. The van der Waals surface area contributed by atoms with Crippen molar-refractivity contribution in [2.75, 3.05) is 18.5 Å². The van der Waals surface area contributed by atoms with Crippen LogP contribution in [0.5, 0.6) is 5.75 Å². The van der Waals surface area contributed by atoms with Gasteiger partial charge in [-0.1, -0.05) is 0 Å². The average Bonchev–Trinajstić information content (AvgIpc) is 3.36. The number of nitrogens with zero attached hydrogens (tertiary/aromatic N) is 4. The fourth-order valence-electron chi connectivity index (χ4n) is 3.97. The number of likely N-dealkylation sites (tertiary alicyclic amines) is 1. The number of carbonyl (C=O) groups is 3. The van der Waals surface area contributed by atoms with E-state index in [2.05, 4.69) is 5.10 Å². The van der Waals surface area contributed by atoms with Crippen LogP contribution in [0.1, 0.15) is 31.0 Å². The molecule has 8 nitrogen and oxygen atoms in total. The van der Waals surface area contributed by atoms with Gasteiger partial charge in [-0.15, -0.1) is 0 Å². The molecule has 2 amide bonds. The van der Waals surface area contributed by atoms with Gasteiger partial charge in [0.1, 0.15) is 5.75 Å². The van der Waals surface area contributed by atoms with Crippen molar-refractivity contribution in [1.82, 2.24) is 14.7 Å². The van der Waals surface area contributed by atoms with E-state index < -0.39 is 17.9 Å². The Labute approximate surface area is 162 Å². The quantitative estimate of drug-likeness (QED) is 0.593. The fraction of sp³-hybridized carbons (Fsp3) is 0.400. The van der Waals surface area contributed by atoms with E-state index in [0.29, 0.717) is 18.7 Å². The highest BCUT2D eigenvalue weighted by molar-refractivity contribution is 5.95. The molecule has 4 rings (SSSR count). The number of hydrogen-bond donors (Lipinski definition) is 0. The predicted molar refractivity (Wildman–Crippen MR) is 100 cm³/mol. The number of aryl methyl sites for hydroxylation is 1. The smallest absolute Gasteiger partial charge is 0.317 e. The number of ether oxygens (including phenoxy) is 1. The molecule has 2 fully saturated rings. The minimum atomic E-state index is -0.604. The molecule has 0 spiro atoms. The van der Waals surface area contributed by atoms with E-state index in [9.17, 15) is 14.4 Å². The second kappa shape index (κ2) is 7.10. The third kappa shape index (κ3) is 3.15. The number of anilines is 1. The molecule has 0 aliphatic carbocycles. The normalized spacial score (nSPS) is 22.2. The number of aromatic nitrogens is 2. The number of esters is 1. The van der Waals surface area contributed by atoms with Gasteiger partial charge < -0.3 is 14.5 Å². The maximum Gasteiger partial charge on any atom is 0.317 e. The lowest BCUT2D eigenvalue weighted by Crippen LogP contribution is -2.30. The molecule has 2 aromatic rings. The molecule has 2 atom stereocenters. The Hall–Kier alpha value is -3.16. The van der Waals surface area contributed by atoms with Gasteiger partial charge in [-0.05, 0) is 36.8 Å². The van der Waals surface area contributed by atoms with E-state index >= 15 is 0 Å². The first-order valence-corrected chi connectivity index (χ1v) is 9.31. The highest BCUT2D eigenvalue weighted by atomic mass is 16.5. The Balaban J connectivity index is 1.50. The molecule has 146 valence electrons. The van der Waals surface area contributed by atoms with E-state index in [1.54, 1.807) is 59.0 Å². The first-order chi connectivity index (χ1) is 13.5. The van der Waals surface area contributed by atoms with Crippen LogP contribution in [0.3, 0.4) is 0 Å². The van der Waals surface area contributed by atoms with Gasteiger partial charge in [0.25, 0.3) is 0 Å². The van der Waals surface area contributed by atoms with Gasteiger partial charge in [0.15, 0.2) is 0 Å². The standard InChI is InChI=1S/C20H22N4O4/c1-22-18(26)12-15(19(22)16-9-10-21-23(16)2)20(27)28-14-7-5-13(6-8-14)24-11-3-4-17(24)25/h5-10,15,19H,3-4,11-12H2,1-2H3. The molecule has 1 aromatic heterocycles. The number of amides is 2. The van der Waals surface area contributed by atoms with Gasteiger partial charge in [0.2, 0.25) is 11.8 Å². The summed E-state index contributed by atoms with van der Waals surface area (Å²) in [6.45, 7) is 0.709. The number of hydrogen-bond acceptors (Lipinski definition) is 5. The molecule has 0 saturated carbocycles. The van der Waals surface area contributed by atoms with Crippen molar-refractivity contribution in [3.05, 3.63) is 42.2 Å². The Morgan fingerprint density at radius 2 is 1.86 bits per heavy atom. The van der Waals surface area contributed by atoms with Gasteiger partial charge in [0.05, 0.1) is 17.7 Å². The van der Waals surface area contributed by atoms with Crippen molar-refractivity contribution < 1.29 is 19.1 Å². The highest BCUT2D eigenvalue weighted by Crippen LogP contribution is 2.37. The summed E-state index contributed by atoms with van der Waals surface area (Å²) in [5.41, 5.74) is 1.59. The van der Waals surface area contributed by atoms with Gasteiger partial charge >= 0.3 is 5.97 Å². The Morgan fingerprint density at radius 3 is 2.46 bits per heavy atom. The van der Waals surface area contributed by atoms with Crippen LogP contribution in [0.2, 0.25) is 0 Å². The molecule has 3 heterocycles. The SMILES string of the molecule is CN1C(=O)CC(C(=O)Oc2ccc(N3CCCC3=O)cc2)C1c1ccnn1C. The highest BCUT2D eigenvalue weighted by Gasteiger charge is 2.45. The van der Waals surface area contributed by atoms with Crippen molar-refractivity contribution in [2.24, 2.45) is 13.0 Å². The lowest BCUT2D eigenvalue weighted by molar-refractivity contribution is -0.140. The first-order valence-electron chi connectivity index (χ1n) is 9.31. The molecule has 8 heteroatoms. The molecule has 28 heavy (non-hydrogen) atoms. The Bertz CT molecular complexity index is 921. The summed E-state index contributed by atoms with van der Waals surface area (Å²) < 4.78 is 7.23. The third-order valence-corrected chi connectivity index (χ3v) is 5.49. The fourth-order valence-corrected chi connectivity index (χ4v) is 3.97. The van der Waals surface area contributed by atoms with Crippen LogP contribution < -0.4 is 9.64 Å². The van der Waals surface area contributed by atoms with Gasteiger partial charge in [-0.2, -0.15) is 5.10 Å². The van der Waals surface area contributed by atoms with Crippen LogP contribution in [0.15, 0.2) is 36.5 Å². The molecular formula is C20H22N4O4. The van der Waals surface area contributed by atoms with Gasteiger partial charge in [-0.25, -0.2) is 0 Å². The van der Waals surface area contributed by atoms with Crippen molar-refractivity contribution in [1.29, 1.82) is 0 Å². The maximum absolute atomic E-state index is 12.8. The largest absolute Gasteiger partial charge is 0.426 e. The van der Waals surface area contributed by atoms with E-state index in [1.807, 2.05) is 6.07 Å². The molecule has 0 radical (unpaired) electrons. The molecular weight excluding hydrogens is 360 g/mol. The van der Waals surface area contributed by atoms with Crippen molar-refractivity contribution >= 4 is 23.5 Å². The minimum absolute atomic E-state index is 0.101. The zero-order valence-corrected chi connectivity index (χ0v) is 15.9. The summed E-state index contributed by atoms with van der Waals surface area (Å²) >= 11 is 0. The van der Waals surface area contributed by atoms with Crippen LogP contribution in [-0.2, 0) is 21.4 Å². The van der Waals surface area contributed by atoms with Gasteiger partial charge in [0, 0.05) is 45.4 Å². The van der Waals surface area contributed by atoms with Crippen LogP contribution in [-0.4, -0.2) is 46.1 Å². The van der Waals surface area contributed by atoms with Crippen LogP contribution in [0.25, 0.3) is 0 Å². The average molecular weight is 382 g/mol. The second-order valence-corrected chi connectivity index (χ2v) is 7.20. The van der Waals surface area contributed by atoms with Gasteiger partial charge in [-0.3, -0.25) is 19.1 Å². The van der Waals surface area contributed by atoms with E-state index in [0.717, 1.165) is 17.8 Å². The monoisotopic (exact) mass is 382 g/mol. The number of rotatable bonds is 4. The van der Waals surface area contributed by atoms with Crippen molar-refractivity contribution in [2.45, 2.75) is 25.3 Å². The van der Waals surface area contributed by atoms with E-state index in [1.165, 1.54) is 0 Å². The van der Waals surface area contributed by atoms with Crippen molar-refractivity contribution in [3.8, 4) is 5.75 Å². The lowest BCUT2D eigenvalue weighted by atomic mass is 9.97. The van der Waals surface area contributed by atoms with Crippen molar-refractivity contribution in [3.63, 3.8) is 0 Å². The molecule has 0 N–H and O–H groups in total. The van der Waals surface area contributed by atoms with E-state index in [4.69, 9.17) is 4.74 Å². The lowest BCUT2D eigenvalue weighted by Gasteiger charge is -2.24. The number of benzene rings is 1.